The van der Waals surface area contributed by atoms with Crippen molar-refractivity contribution in [3.63, 3.8) is 0 Å². The fourth-order valence-electron chi connectivity index (χ4n) is 4.12. The van der Waals surface area contributed by atoms with Crippen LogP contribution in [0.15, 0.2) is 36.9 Å². The lowest BCUT2D eigenvalue weighted by atomic mass is 9.84. The molecule has 0 radical (unpaired) electrons. The molecule has 1 aromatic rings. The minimum absolute atomic E-state index is 0.346. The molecule has 4 nitrogen and oxygen atoms in total. The molecule has 2 aliphatic rings. The normalized spacial score (nSPS) is 27.4. The molecule has 23 heavy (non-hydrogen) atoms. The van der Waals surface area contributed by atoms with Crippen molar-refractivity contribution < 1.29 is 14.6 Å². The molecule has 1 N–H and O–H groups in total. The summed E-state index contributed by atoms with van der Waals surface area (Å²) in [6.45, 7) is 4.82. The van der Waals surface area contributed by atoms with Crippen LogP contribution in [0.5, 0.6) is 5.75 Å². The number of carboxylic acid groups (broad SMARTS) is 1. The van der Waals surface area contributed by atoms with Crippen molar-refractivity contribution in [2.24, 2.45) is 5.92 Å². The molecule has 1 aliphatic carbocycles. The summed E-state index contributed by atoms with van der Waals surface area (Å²) in [7, 11) is 0. The summed E-state index contributed by atoms with van der Waals surface area (Å²) in [5.41, 5.74) is 1.11. The van der Waals surface area contributed by atoms with Gasteiger partial charge in [-0.25, -0.2) is 0 Å². The maximum atomic E-state index is 11.7. The molecule has 0 bridgehead atoms. The number of nitrogens with zero attached hydrogens (tertiary/aromatic N) is 1. The summed E-state index contributed by atoms with van der Waals surface area (Å²) >= 11 is 0. The van der Waals surface area contributed by atoms with Crippen molar-refractivity contribution in [2.75, 3.05) is 6.61 Å². The van der Waals surface area contributed by atoms with Crippen molar-refractivity contribution in [3.05, 3.63) is 42.5 Å². The molecule has 4 heteroatoms. The van der Waals surface area contributed by atoms with Crippen molar-refractivity contribution in [1.82, 2.24) is 4.90 Å². The Kier molecular flexibility index (Phi) is 5.01. The van der Waals surface area contributed by atoms with E-state index in [0.717, 1.165) is 24.2 Å². The zero-order valence-electron chi connectivity index (χ0n) is 13.5. The van der Waals surface area contributed by atoms with E-state index in [-0.39, 0.29) is 6.04 Å². The molecule has 1 saturated carbocycles. The molecular weight excluding hydrogens is 290 g/mol. The zero-order valence-corrected chi connectivity index (χ0v) is 13.5. The van der Waals surface area contributed by atoms with Crippen LogP contribution in [0, 0.1) is 5.92 Å². The average molecular weight is 315 g/mol. The minimum atomic E-state index is -0.682. The number of fused-ring (bicyclic) bond motifs is 1. The Morgan fingerprint density at radius 1 is 1.39 bits per heavy atom. The van der Waals surface area contributed by atoms with Crippen LogP contribution in [0.25, 0.3) is 0 Å². The van der Waals surface area contributed by atoms with E-state index in [1.165, 1.54) is 19.3 Å². The summed E-state index contributed by atoms with van der Waals surface area (Å²) in [5, 5.41) is 9.60. The lowest BCUT2D eigenvalue weighted by Gasteiger charge is -2.33. The fraction of sp³-hybridized carbons (Fsp3) is 0.526. The molecule has 2 fully saturated rings. The van der Waals surface area contributed by atoms with Crippen LogP contribution >= 0.6 is 0 Å². The van der Waals surface area contributed by atoms with Gasteiger partial charge in [0.15, 0.2) is 0 Å². The van der Waals surface area contributed by atoms with Gasteiger partial charge in [-0.15, -0.1) is 0 Å². The molecule has 3 rings (SSSR count). The SMILES string of the molecule is C=CCOc1cccc(CN2C(C(=O)O)CC3CCCCC32)c1. The number of ether oxygens (including phenoxy) is 1. The molecule has 1 aromatic carbocycles. The second kappa shape index (κ2) is 7.18. The lowest BCUT2D eigenvalue weighted by molar-refractivity contribution is -0.142. The van der Waals surface area contributed by atoms with Gasteiger partial charge in [0.2, 0.25) is 0 Å². The van der Waals surface area contributed by atoms with Crippen molar-refractivity contribution in [3.8, 4) is 5.75 Å². The number of hydrogen-bond acceptors (Lipinski definition) is 3. The molecular formula is C19H25NO3. The third-order valence-corrected chi connectivity index (χ3v) is 5.14. The van der Waals surface area contributed by atoms with Gasteiger partial charge >= 0.3 is 5.97 Å². The van der Waals surface area contributed by atoms with E-state index < -0.39 is 5.97 Å². The maximum Gasteiger partial charge on any atom is 0.320 e. The summed E-state index contributed by atoms with van der Waals surface area (Å²) in [5.74, 6) is 0.678. The third-order valence-electron chi connectivity index (χ3n) is 5.14. The quantitative estimate of drug-likeness (QED) is 0.817. The minimum Gasteiger partial charge on any atom is -0.490 e. The van der Waals surface area contributed by atoms with Gasteiger partial charge in [0.1, 0.15) is 18.4 Å². The zero-order chi connectivity index (χ0) is 16.2. The summed E-state index contributed by atoms with van der Waals surface area (Å²) in [4.78, 5) is 13.9. The maximum absolute atomic E-state index is 11.7. The summed E-state index contributed by atoms with van der Waals surface area (Å²) in [6.07, 6.45) is 7.28. The standard InChI is InChI=1S/C19H25NO3/c1-2-10-23-16-8-5-6-14(11-16)13-20-17-9-4-3-7-15(17)12-18(20)19(21)22/h2,5-6,8,11,15,17-18H,1,3-4,7,9-10,12-13H2,(H,21,22). The number of rotatable bonds is 6. The molecule has 0 spiro atoms. The van der Waals surface area contributed by atoms with Gasteiger partial charge in [-0.1, -0.05) is 37.6 Å². The topological polar surface area (TPSA) is 49.8 Å². The van der Waals surface area contributed by atoms with E-state index in [0.29, 0.717) is 25.1 Å². The van der Waals surface area contributed by atoms with Crippen molar-refractivity contribution in [2.45, 2.75) is 50.7 Å². The highest BCUT2D eigenvalue weighted by molar-refractivity contribution is 5.74. The molecule has 1 aliphatic heterocycles. The summed E-state index contributed by atoms with van der Waals surface area (Å²) < 4.78 is 5.59. The van der Waals surface area contributed by atoms with E-state index in [4.69, 9.17) is 4.74 Å². The van der Waals surface area contributed by atoms with Crippen LogP contribution in [0.2, 0.25) is 0 Å². The number of benzene rings is 1. The Morgan fingerprint density at radius 2 is 2.22 bits per heavy atom. The van der Waals surface area contributed by atoms with Crippen molar-refractivity contribution in [1.29, 1.82) is 0 Å². The van der Waals surface area contributed by atoms with Gasteiger partial charge in [0.05, 0.1) is 0 Å². The first-order valence-corrected chi connectivity index (χ1v) is 8.50. The third kappa shape index (κ3) is 3.58. The number of carbonyl (C=O) groups is 1. The Morgan fingerprint density at radius 3 is 3.00 bits per heavy atom. The van der Waals surface area contributed by atoms with E-state index in [1.807, 2.05) is 18.2 Å². The monoisotopic (exact) mass is 315 g/mol. The first-order chi connectivity index (χ1) is 11.2. The Labute approximate surface area is 137 Å². The fourth-order valence-corrected chi connectivity index (χ4v) is 4.12. The first kappa shape index (κ1) is 16.1. The van der Waals surface area contributed by atoms with Gasteiger partial charge in [-0.05, 0) is 42.9 Å². The number of likely N-dealkylation sites (tertiary alicyclic amines) is 1. The van der Waals surface area contributed by atoms with Crippen LogP contribution in [0.4, 0.5) is 0 Å². The smallest absolute Gasteiger partial charge is 0.320 e. The molecule has 124 valence electrons. The van der Waals surface area contributed by atoms with E-state index >= 15 is 0 Å². The number of hydrogen-bond donors (Lipinski definition) is 1. The molecule has 0 amide bonds. The van der Waals surface area contributed by atoms with Gasteiger partial charge in [-0.3, -0.25) is 9.69 Å². The molecule has 1 heterocycles. The second-order valence-electron chi connectivity index (χ2n) is 6.62. The van der Waals surface area contributed by atoms with Crippen LogP contribution in [0.1, 0.15) is 37.7 Å². The largest absolute Gasteiger partial charge is 0.490 e. The molecule has 3 atom stereocenters. The van der Waals surface area contributed by atoms with Crippen molar-refractivity contribution >= 4 is 5.97 Å². The van der Waals surface area contributed by atoms with Crippen LogP contribution in [-0.4, -0.2) is 34.7 Å². The van der Waals surface area contributed by atoms with Gasteiger partial charge in [0.25, 0.3) is 0 Å². The number of carboxylic acids is 1. The molecule has 3 unspecified atom stereocenters. The second-order valence-corrected chi connectivity index (χ2v) is 6.62. The van der Waals surface area contributed by atoms with Crippen LogP contribution < -0.4 is 4.74 Å². The number of aliphatic carboxylic acids is 1. The Bertz CT molecular complexity index is 571. The highest BCUT2D eigenvalue weighted by Gasteiger charge is 2.44. The first-order valence-electron chi connectivity index (χ1n) is 8.50. The van der Waals surface area contributed by atoms with E-state index in [9.17, 15) is 9.90 Å². The van der Waals surface area contributed by atoms with Gasteiger partial charge in [0, 0.05) is 12.6 Å². The van der Waals surface area contributed by atoms with Gasteiger partial charge in [-0.2, -0.15) is 0 Å². The Hall–Kier alpha value is -1.81. The summed E-state index contributed by atoms with van der Waals surface area (Å²) in [6, 6.07) is 8.03. The van der Waals surface area contributed by atoms with E-state index in [2.05, 4.69) is 17.5 Å². The van der Waals surface area contributed by atoms with E-state index in [1.54, 1.807) is 6.08 Å². The average Bonchev–Trinajstić information content (AvgIpc) is 2.92. The Balaban J connectivity index is 1.76. The predicted octanol–water partition coefficient (Wildman–Crippen LogP) is 3.47. The highest BCUT2D eigenvalue weighted by Crippen LogP contribution is 2.40. The van der Waals surface area contributed by atoms with Crippen LogP contribution in [-0.2, 0) is 11.3 Å². The van der Waals surface area contributed by atoms with Gasteiger partial charge < -0.3 is 9.84 Å². The van der Waals surface area contributed by atoms with Crippen LogP contribution in [0.3, 0.4) is 0 Å². The lowest BCUT2D eigenvalue weighted by Crippen LogP contribution is -2.41. The highest BCUT2D eigenvalue weighted by atomic mass is 16.5. The predicted molar refractivity (Wildman–Crippen MR) is 89.5 cm³/mol. The molecule has 1 saturated heterocycles. The molecule has 0 aromatic heterocycles.